The molecule has 1 heterocycles. The maximum atomic E-state index is 13.4. The van der Waals surface area contributed by atoms with Crippen molar-refractivity contribution in [3.8, 4) is 5.75 Å². The molecule has 7 heteroatoms. The van der Waals surface area contributed by atoms with Crippen molar-refractivity contribution in [2.45, 2.75) is 18.9 Å². The molecule has 1 fully saturated rings. The van der Waals surface area contributed by atoms with E-state index in [1.807, 2.05) is 0 Å². The van der Waals surface area contributed by atoms with E-state index in [0.29, 0.717) is 17.1 Å². The minimum Gasteiger partial charge on any atom is -0.481 e. The first-order chi connectivity index (χ1) is 9.15. The fraction of sp³-hybridized carbons (Fsp3) is 0.462. The molecule has 2 N–H and O–H groups in total. The van der Waals surface area contributed by atoms with Gasteiger partial charge in [0.15, 0.2) is 18.2 Å². The van der Waals surface area contributed by atoms with Gasteiger partial charge in [0.25, 0.3) is 5.91 Å². The molecule has 1 saturated heterocycles. The molecule has 20 heavy (non-hydrogen) atoms. The Labute approximate surface area is 132 Å². The van der Waals surface area contributed by atoms with Gasteiger partial charge in [-0.05, 0) is 37.6 Å². The van der Waals surface area contributed by atoms with Crippen LogP contribution in [0.4, 0.5) is 4.39 Å². The second-order valence-corrected chi connectivity index (χ2v) is 5.38. The lowest BCUT2D eigenvalue weighted by molar-refractivity contribution is -0.123. The highest BCUT2D eigenvalue weighted by Gasteiger charge is 2.15. The normalized spacial score (nSPS) is 17.4. The van der Waals surface area contributed by atoms with Gasteiger partial charge in [-0.1, -0.05) is 15.9 Å². The van der Waals surface area contributed by atoms with Gasteiger partial charge in [0.1, 0.15) is 0 Å². The number of carbonyl (C=O) groups excluding carboxylic acids is 1. The summed E-state index contributed by atoms with van der Waals surface area (Å²) in [5.41, 5.74) is 0. The van der Waals surface area contributed by atoms with Crippen LogP contribution in [0.5, 0.6) is 5.75 Å². The summed E-state index contributed by atoms with van der Waals surface area (Å²) >= 11 is 3.16. The smallest absolute Gasteiger partial charge is 0.257 e. The average Bonchev–Trinajstić information content (AvgIpc) is 2.88. The second-order valence-electron chi connectivity index (χ2n) is 4.46. The molecule has 0 aromatic heterocycles. The molecular weight excluding hydrogens is 351 g/mol. The first-order valence-electron chi connectivity index (χ1n) is 6.23. The predicted octanol–water partition coefficient (Wildman–Crippen LogP) is 2.26. The van der Waals surface area contributed by atoms with Crippen molar-refractivity contribution in [3.05, 3.63) is 28.5 Å². The Morgan fingerprint density at radius 1 is 1.55 bits per heavy atom. The van der Waals surface area contributed by atoms with E-state index >= 15 is 0 Å². The molecule has 1 unspecified atom stereocenters. The van der Waals surface area contributed by atoms with Gasteiger partial charge >= 0.3 is 0 Å². The zero-order chi connectivity index (χ0) is 13.7. The monoisotopic (exact) mass is 366 g/mol. The molecule has 1 aliphatic rings. The summed E-state index contributed by atoms with van der Waals surface area (Å²) in [6.07, 6.45) is 2.21. The first-order valence-corrected chi connectivity index (χ1v) is 7.02. The highest BCUT2D eigenvalue weighted by molar-refractivity contribution is 9.10. The van der Waals surface area contributed by atoms with Crippen LogP contribution >= 0.6 is 28.3 Å². The summed E-state index contributed by atoms with van der Waals surface area (Å²) < 4.78 is 19.2. The molecule has 0 bridgehead atoms. The minimum absolute atomic E-state index is 0. The average molecular weight is 368 g/mol. The minimum atomic E-state index is -0.486. The Morgan fingerprint density at radius 2 is 2.35 bits per heavy atom. The number of nitrogens with one attached hydrogen (secondary N) is 2. The third kappa shape index (κ3) is 5.26. The summed E-state index contributed by atoms with van der Waals surface area (Å²) in [6, 6.07) is 4.80. The lowest BCUT2D eigenvalue weighted by Gasteiger charge is -2.12. The Kier molecular flexibility index (Phi) is 7.26. The molecule has 1 aromatic carbocycles. The maximum absolute atomic E-state index is 13.4. The first kappa shape index (κ1) is 17.2. The third-order valence-corrected chi connectivity index (χ3v) is 3.45. The van der Waals surface area contributed by atoms with E-state index in [4.69, 9.17) is 4.74 Å². The van der Waals surface area contributed by atoms with Crippen LogP contribution in [0.15, 0.2) is 22.7 Å². The molecule has 0 spiro atoms. The Bertz CT molecular complexity index is 456. The van der Waals surface area contributed by atoms with Crippen LogP contribution in [-0.2, 0) is 4.79 Å². The Morgan fingerprint density at radius 3 is 3.00 bits per heavy atom. The SMILES string of the molecule is Cl.O=C(COc1ccc(Br)cc1F)NCC1CCCN1. The highest BCUT2D eigenvalue weighted by atomic mass is 79.9. The zero-order valence-electron chi connectivity index (χ0n) is 10.8. The van der Waals surface area contributed by atoms with Gasteiger partial charge in [0.05, 0.1) is 0 Å². The molecule has 0 saturated carbocycles. The van der Waals surface area contributed by atoms with Gasteiger partial charge in [0, 0.05) is 17.1 Å². The molecular formula is C13H17BrClFN2O2. The summed E-state index contributed by atoms with van der Waals surface area (Å²) in [5, 5.41) is 6.05. The standard InChI is InChI=1S/C13H16BrFN2O2.ClH/c14-9-3-4-12(11(15)6-9)19-8-13(18)17-7-10-2-1-5-16-10;/h3-4,6,10,16H,1-2,5,7-8H2,(H,17,18);1H. The number of ether oxygens (including phenoxy) is 1. The zero-order valence-corrected chi connectivity index (χ0v) is 13.2. The Balaban J connectivity index is 0.00000200. The van der Waals surface area contributed by atoms with Gasteiger partial charge in [-0.15, -0.1) is 12.4 Å². The van der Waals surface area contributed by atoms with Crippen molar-refractivity contribution in [1.29, 1.82) is 0 Å². The van der Waals surface area contributed by atoms with Gasteiger partial charge in [-0.25, -0.2) is 4.39 Å². The van der Waals surface area contributed by atoms with E-state index in [1.165, 1.54) is 12.1 Å². The van der Waals surface area contributed by atoms with E-state index in [2.05, 4.69) is 26.6 Å². The third-order valence-electron chi connectivity index (χ3n) is 2.96. The predicted molar refractivity (Wildman–Crippen MR) is 80.9 cm³/mol. The summed E-state index contributed by atoms with van der Waals surface area (Å²) in [7, 11) is 0. The fourth-order valence-corrected chi connectivity index (χ4v) is 2.29. The van der Waals surface area contributed by atoms with E-state index < -0.39 is 5.82 Å². The maximum Gasteiger partial charge on any atom is 0.257 e. The molecule has 0 radical (unpaired) electrons. The molecule has 112 valence electrons. The summed E-state index contributed by atoms with van der Waals surface area (Å²) in [6.45, 7) is 1.41. The number of hydrogen-bond donors (Lipinski definition) is 2. The molecule has 1 aliphatic heterocycles. The van der Waals surface area contributed by atoms with Gasteiger partial charge < -0.3 is 15.4 Å². The number of amides is 1. The van der Waals surface area contributed by atoms with Crippen LogP contribution in [0.25, 0.3) is 0 Å². The van der Waals surface area contributed by atoms with Crippen LogP contribution in [0.3, 0.4) is 0 Å². The van der Waals surface area contributed by atoms with E-state index in [1.54, 1.807) is 6.07 Å². The highest BCUT2D eigenvalue weighted by Crippen LogP contribution is 2.21. The second kappa shape index (κ2) is 8.44. The number of carbonyl (C=O) groups is 1. The molecule has 2 rings (SSSR count). The van der Waals surface area contributed by atoms with Gasteiger partial charge in [-0.3, -0.25) is 4.79 Å². The van der Waals surface area contributed by atoms with E-state index in [0.717, 1.165) is 19.4 Å². The molecule has 0 aliphatic carbocycles. The van der Waals surface area contributed by atoms with Crippen molar-refractivity contribution in [2.75, 3.05) is 19.7 Å². The molecule has 4 nitrogen and oxygen atoms in total. The molecule has 1 aromatic rings. The van der Waals surface area contributed by atoms with Crippen LogP contribution in [-0.4, -0.2) is 31.6 Å². The van der Waals surface area contributed by atoms with Crippen molar-refractivity contribution in [2.24, 2.45) is 0 Å². The van der Waals surface area contributed by atoms with Gasteiger partial charge in [0.2, 0.25) is 0 Å². The van der Waals surface area contributed by atoms with Gasteiger partial charge in [-0.2, -0.15) is 0 Å². The quantitative estimate of drug-likeness (QED) is 0.839. The topological polar surface area (TPSA) is 50.4 Å². The molecule has 1 atom stereocenters. The Hall–Kier alpha value is -0.850. The lowest BCUT2D eigenvalue weighted by Crippen LogP contribution is -2.39. The summed E-state index contributed by atoms with van der Waals surface area (Å²) in [4.78, 5) is 11.6. The largest absolute Gasteiger partial charge is 0.481 e. The van der Waals surface area contributed by atoms with E-state index in [9.17, 15) is 9.18 Å². The van der Waals surface area contributed by atoms with Crippen LogP contribution < -0.4 is 15.4 Å². The van der Waals surface area contributed by atoms with Crippen molar-refractivity contribution >= 4 is 34.2 Å². The van der Waals surface area contributed by atoms with Crippen molar-refractivity contribution < 1.29 is 13.9 Å². The van der Waals surface area contributed by atoms with Crippen molar-refractivity contribution in [1.82, 2.24) is 10.6 Å². The summed E-state index contributed by atoms with van der Waals surface area (Å²) in [5.74, 6) is -0.645. The van der Waals surface area contributed by atoms with Crippen LogP contribution in [0.1, 0.15) is 12.8 Å². The number of halogens is 3. The molecule has 1 amide bonds. The van der Waals surface area contributed by atoms with E-state index in [-0.39, 0.29) is 30.7 Å². The van der Waals surface area contributed by atoms with Crippen LogP contribution in [0.2, 0.25) is 0 Å². The van der Waals surface area contributed by atoms with Crippen LogP contribution in [0, 0.1) is 5.82 Å². The van der Waals surface area contributed by atoms with Crippen molar-refractivity contribution in [3.63, 3.8) is 0 Å². The fourth-order valence-electron chi connectivity index (χ4n) is 1.95. The number of benzene rings is 1. The number of hydrogen-bond acceptors (Lipinski definition) is 3. The number of rotatable bonds is 5. The lowest BCUT2D eigenvalue weighted by atomic mass is 10.2.